The van der Waals surface area contributed by atoms with E-state index in [9.17, 15) is 9.90 Å². The monoisotopic (exact) mass is 190 g/mol. The molecule has 0 saturated carbocycles. The minimum absolute atomic E-state index is 0.0368. The van der Waals surface area contributed by atoms with E-state index in [4.69, 9.17) is 0 Å². The van der Waals surface area contributed by atoms with Gasteiger partial charge in [0, 0.05) is 5.56 Å². The van der Waals surface area contributed by atoms with Gasteiger partial charge < -0.3 is 5.11 Å². The van der Waals surface area contributed by atoms with Gasteiger partial charge in [0.2, 0.25) is 0 Å². The number of aliphatic hydroxyl groups is 1. The molecule has 0 spiro atoms. The number of hydrogen-bond acceptors (Lipinski definition) is 2. The summed E-state index contributed by atoms with van der Waals surface area (Å²) in [6.07, 6.45) is 1.68. The van der Waals surface area contributed by atoms with Crippen LogP contribution in [0, 0.1) is 0 Å². The molecule has 0 amide bonds. The van der Waals surface area contributed by atoms with Gasteiger partial charge in [-0.2, -0.15) is 0 Å². The van der Waals surface area contributed by atoms with Crippen LogP contribution in [-0.2, 0) is 0 Å². The van der Waals surface area contributed by atoms with Crippen molar-refractivity contribution in [1.82, 2.24) is 0 Å². The zero-order valence-corrected chi connectivity index (χ0v) is 8.23. The number of benzene rings is 1. The first-order valence-corrected chi connectivity index (χ1v) is 4.55. The van der Waals surface area contributed by atoms with Crippen molar-refractivity contribution in [1.29, 1.82) is 0 Å². The van der Waals surface area contributed by atoms with Crippen LogP contribution in [0.2, 0.25) is 0 Å². The fourth-order valence-electron chi connectivity index (χ4n) is 1.23. The minimum Gasteiger partial charge on any atom is -0.388 e. The van der Waals surface area contributed by atoms with Crippen molar-refractivity contribution < 1.29 is 9.90 Å². The number of aliphatic hydroxyl groups excluding tert-OH is 1. The van der Waals surface area contributed by atoms with E-state index in [1.807, 2.05) is 0 Å². The van der Waals surface area contributed by atoms with Gasteiger partial charge in [-0.1, -0.05) is 30.3 Å². The van der Waals surface area contributed by atoms with Crippen molar-refractivity contribution in [3.05, 3.63) is 48.0 Å². The molecule has 0 fully saturated rings. The maximum atomic E-state index is 11.0. The van der Waals surface area contributed by atoms with Crippen molar-refractivity contribution in [2.24, 2.45) is 0 Å². The van der Waals surface area contributed by atoms with Crippen LogP contribution in [0.25, 0.3) is 0 Å². The maximum absolute atomic E-state index is 11.0. The number of Topliss-reactive ketones (excluding diaryl/α,β-unsaturated/α-hetero) is 1. The number of rotatable bonds is 4. The summed E-state index contributed by atoms with van der Waals surface area (Å²) >= 11 is 0. The summed E-state index contributed by atoms with van der Waals surface area (Å²) in [6.45, 7) is 5.08. The van der Waals surface area contributed by atoms with Crippen LogP contribution in [0.3, 0.4) is 0 Å². The largest absolute Gasteiger partial charge is 0.388 e. The molecule has 2 nitrogen and oxygen atoms in total. The predicted octanol–water partition coefficient (Wildman–Crippen LogP) is 2.50. The Balaban J connectivity index is 2.82. The molecule has 14 heavy (non-hydrogen) atoms. The topological polar surface area (TPSA) is 37.3 Å². The first-order valence-electron chi connectivity index (χ1n) is 4.55. The zero-order valence-electron chi connectivity index (χ0n) is 8.23. The Hall–Kier alpha value is -1.41. The van der Waals surface area contributed by atoms with E-state index >= 15 is 0 Å². The number of hydrogen-bond donors (Lipinski definition) is 1. The second-order valence-corrected chi connectivity index (χ2v) is 3.22. The van der Waals surface area contributed by atoms with Crippen molar-refractivity contribution >= 4 is 5.78 Å². The molecule has 0 aliphatic carbocycles. The molecule has 0 aromatic heterocycles. The molecule has 74 valence electrons. The smallest absolute Gasteiger partial charge is 0.159 e. The van der Waals surface area contributed by atoms with Crippen LogP contribution in [-0.4, -0.2) is 10.9 Å². The molecular formula is C12H14O2. The molecule has 0 bridgehead atoms. The normalized spacial score (nSPS) is 12.1. The lowest BCUT2D eigenvalue weighted by atomic mass is 10.0. The Morgan fingerprint density at radius 3 is 2.50 bits per heavy atom. The van der Waals surface area contributed by atoms with E-state index in [-0.39, 0.29) is 5.78 Å². The summed E-state index contributed by atoms with van der Waals surface area (Å²) < 4.78 is 0. The van der Waals surface area contributed by atoms with Gasteiger partial charge in [-0.3, -0.25) is 4.79 Å². The predicted molar refractivity (Wildman–Crippen MR) is 56.2 cm³/mol. The average molecular weight is 190 g/mol. The molecular weight excluding hydrogens is 176 g/mol. The van der Waals surface area contributed by atoms with E-state index in [1.165, 1.54) is 6.92 Å². The number of ketones is 1. The van der Waals surface area contributed by atoms with Crippen LogP contribution in [0.15, 0.2) is 36.9 Å². The fraction of sp³-hybridized carbons (Fsp3) is 0.250. The van der Waals surface area contributed by atoms with Gasteiger partial charge in [-0.25, -0.2) is 0 Å². The van der Waals surface area contributed by atoms with Gasteiger partial charge in [0.1, 0.15) is 0 Å². The van der Waals surface area contributed by atoms with E-state index < -0.39 is 6.10 Å². The molecule has 0 unspecified atom stereocenters. The molecule has 2 heteroatoms. The van der Waals surface area contributed by atoms with Crippen molar-refractivity contribution in [3.63, 3.8) is 0 Å². The second-order valence-electron chi connectivity index (χ2n) is 3.22. The van der Waals surface area contributed by atoms with E-state index in [2.05, 4.69) is 6.58 Å². The molecule has 0 radical (unpaired) electrons. The molecule has 0 aliphatic rings. The first-order chi connectivity index (χ1) is 6.65. The van der Waals surface area contributed by atoms with Crippen LogP contribution in [0.4, 0.5) is 0 Å². The lowest BCUT2D eigenvalue weighted by Crippen LogP contribution is -1.97. The van der Waals surface area contributed by atoms with Gasteiger partial charge in [-0.05, 0) is 18.9 Å². The molecule has 1 aromatic carbocycles. The van der Waals surface area contributed by atoms with E-state index in [1.54, 1.807) is 30.3 Å². The Bertz CT molecular complexity index is 325. The third-order valence-corrected chi connectivity index (χ3v) is 2.09. The first kappa shape index (κ1) is 10.7. The number of carbonyl (C=O) groups excluding carboxylic acids is 1. The lowest BCUT2D eigenvalue weighted by molar-refractivity contribution is 0.101. The Morgan fingerprint density at radius 1 is 1.50 bits per heavy atom. The minimum atomic E-state index is -0.520. The Labute approximate surface area is 83.9 Å². The lowest BCUT2D eigenvalue weighted by Gasteiger charge is -2.08. The molecule has 1 rings (SSSR count). The quantitative estimate of drug-likeness (QED) is 0.585. The summed E-state index contributed by atoms with van der Waals surface area (Å²) in [7, 11) is 0. The molecule has 1 atom stereocenters. The summed E-state index contributed by atoms with van der Waals surface area (Å²) in [5.74, 6) is 0.0368. The van der Waals surface area contributed by atoms with Crippen molar-refractivity contribution in [3.8, 4) is 0 Å². The standard InChI is InChI=1S/C12H14O2/c1-3-4-12(14)11-7-5-10(6-8-11)9(2)13/h3,5-8,12,14H,1,4H2,2H3/t12-/m0/s1. The maximum Gasteiger partial charge on any atom is 0.159 e. The third kappa shape index (κ3) is 2.54. The highest BCUT2D eigenvalue weighted by Crippen LogP contribution is 2.17. The summed E-state index contributed by atoms with van der Waals surface area (Å²) in [4.78, 5) is 11.0. The van der Waals surface area contributed by atoms with E-state index in [0.29, 0.717) is 12.0 Å². The van der Waals surface area contributed by atoms with Crippen LogP contribution >= 0.6 is 0 Å². The summed E-state index contributed by atoms with van der Waals surface area (Å²) in [5, 5.41) is 9.59. The second kappa shape index (κ2) is 4.72. The van der Waals surface area contributed by atoms with Gasteiger partial charge in [-0.15, -0.1) is 6.58 Å². The molecule has 0 saturated heterocycles. The highest BCUT2D eigenvalue weighted by Gasteiger charge is 2.05. The average Bonchev–Trinajstić information content (AvgIpc) is 2.18. The van der Waals surface area contributed by atoms with E-state index in [0.717, 1.165) is 5.56 Å². The third-order valence-electron chi connectivity index (χ3n) is 2.09. The Kier molecular flexibility index (Phi) is 3.60. The van der Waals surface area contributed by atoms with Crippen LogP contribution in [0.1, 0.15) is 35.4 Å². The van der Waals surface area contributed by atoms with Gasteiger partial charge in [0.15, 0.2) is 5.78 Å². The SMILES string of the molecule is C=CC[C@H](O)c1ccc(C(C)=O)cc1. The van der Waals surface area contributed by atoms with Crippen LogP contribution < -0.4 is 0 Å². The highest BCUT2D eigenvalue weighted by molar-refractivity contribution is 5.94. The zero-order chi connectivity index (χ0) is 10.6. The van der Waals surface area contributed by atoms with Gasteiger partial charge in [0.25, 0.3) is 0 Å². The van der Waals surface area contributed by atoms with Crippen molar-refractivity contribution in [2.75, 3.05) is 0 Å². The van der Waals surface area contributed by atoms with Gasteiger partial charge in [0.05, 0.1) is 6.10 Å². The summed E-state index contributed by atoms with van der Waals surface area (Å²) in [5.41, 5.74) is 1.48. The Morgan fingerprint density at radius 2 is 2.07 bits per heavy atom. The van der Waals surface area contributed by atoms with Crippen molar-refractivity contribution in [2.45, 2.75) is 19.4 Å². The number of carbonyl (C=O) groups is 1. The molecule has 1 aromatic rings. The van der Waals surface area contributed by atoms with Gasteiger partial charge >= 0.3 is 0 Å². The highest BCUT2D eigenvalue weighted by atomic mass is 16.3. The summed E-state index contributed by atoms with van der Waals surface area (Å²) in [6, 6.07) is 6.99. The molecule has 0 aliphatic heterocycles. The molecule has 1 N–H and O–H groups in total. The fourth-order valence-corrected chi connectivity index (χ4v) is 1.23. The molecule has 0 heterocycles. The van der Waals surface area contributed by atoms with Crippen LogP contribution in [0.5, 0.6) is 0 Å².